The number of benzene rings is 2. The van der Waals surface area contributed by atoms with Crippen molar-refractivity contribution in [3.8, 4) is 0 Å². The minimum absolute atomic E-state index is 0.157. The van der Waals surface area contributed by atoms with Crippen LogP contribution in [-0.4, -0.2) is 72.1 Å². The molecule has 1 amide bonds. The number of aliphatic hydroxyl groups is 1. The van der Waals surface area contributed by atoms with Gasteiger partial charge in [-0.05, 0) is 37.6 Å². The Hall–Kier alpha value is -3.02. The molecule has 190 valence electrons. The lowest BCUT2D eigenvalue weighted by Crippen LogP contribution is -2.66. The van der Waals surface area contributed by atoms with E-state index in [1.807, 2.05) is 30.3 Å². The molecule has 0 aliphatic carbocycles. The summed E-state index contributed by atoms with van der Waals surface area (Å²) >= 11 is 0. The minimum Gasteiger partial charge on any atom is -0.480 e. The quantitative estimate of drug-likeness (QED) is 0.346. The molecule has 5 N–H and O–H groups in total. The number of hydrogen-bond acceptors (Lipinski definition) is 8. The number of anilines is 1. The molecular formula is C25H32N2O8. The lowest BCUT2D eigenvalue weighted by atomic mass is 9.95. The van der Waals surface area contributed by atoms with Gasteiger partial charge in [-0.2, -0.15) is 0 Å². The molecule has 10 heteroatoms. The summed E-state index contributed by atoms with van der Waals surface area (Å²) in [4.78, 5) is 24.4. The van der Waals surface area contributed by atoms with Crippen molar-refractivity contribution in [3.63, 3.8) is 0 Å². The molecule has 0 saturated carbocycles. The molecular weight excluding hydrogens is 456 g/mol. The highest BCUT2D eigenvalue weighted by atomic mass is 16.7. The number of amides is 1. The van der Waals surface area contributed by atoms with Crippen LogP contribution in [0.4, 0.5) is 5.69 Å². The Kier molecular flexibility index (Phi) is 9.58. The number of carboxylic acid groups (broad SMARTS) is 1. The van der Waals surface area contributed by atoms with Gasteiger partial charge >= 0.3 is 5.97 Å². The van der Waals surface area contributed by atoms with Gasteiger partial charge < -0.3 is 40.2 Å². The summed E-state index contributed by atoms with van der Waals surface area (Å²) in [5, 5.41) is 22.2. The number of carbonyl (C=O) groups is 2. The number of ether oxygens (including phenoxy) is 4. The molecule has 1 aliphatic rings. The van der Waals surface area contributed by atoms with Crippen LogP contribution in [0.15, 0.2) is 54.6 Å². The topological polar surface area (TPSA) is 150 Å². The lowest BCUT2D eigenvalue weighted by molar-refractivity contribution is -0.292. The maximum Gasteiger partial charge on any atom is 0.329 e. The first-order valence-corrected chi connectivity index (χ1v) is 11.4. The van der Waals surface area contributed by atoms with Crippen molar-refractivity contribution in [1.29, 1.82) is 0 Å². The Morgan fingerprint density at radius 2 is 1.83 bits per heavy atom. The molecule has 0 aromatic heterocycles. The summed E-state index contributed by atoms with van der Waals surface area (Å²) in [6.07, 6.45) is -4.13. The standard InChI is InChI=1S/C25H32N2O8/c1-15(2)34-25-21(27-24(31)17-9-6-10-18(26)11-17)23(33-14-20(29)30)22(19(12-28)35-25)32-13-16-7-4-3-5-8-16/h3-11,15,19,21-23,25,28H,12-14,26H2,1-2H3,(H,27,31)(H,29,30)/t19?,21?,22-,23-,25-/m1/s1. The van der Waals surface area contributed by atoms with Crippen molar-refractivity contribution in [3.05, 3.63) is 65.7 Å². The minimum atomic E-state index is -1.19. The number of rotatable bonds is 11. The smallest absolute Gasteiger partial charge is 0.329 e. The van der Waals surface area contributed by atoms with E-state index in [1.54, 1.807) is 32.0 Å². The summed E-state index contributed by atoms with van der Waals surface area (Å²) in [5.74, 6) is -1.67. The molecule has 2 unspecified atom stereocenters. The highest BCUT2D eigenvalue weighted by Crippen LogP contribution is 2.29. The zero-order valence-corrected chi connectivity index (χ0v) is 19.7. The predicted molar refractivity (Wildman–Crippen MR) is 126 cm³/mol. The van der Waals surface area contributed by atoms with Crippen molar-refractivity contribution in [2.24, 2.45) is 0 Å². The van der Waals surface area contributed by atoms with E-state index in [1.165, 1.54) is 6.07 Å². The number of aliphatic hydroxyl groups excluding tert-OH is 1. The molecule has 1 aliphatic heterocycles. The van der Waals surface area contributed by atoms with Gasteiger partial charge in [0.15, 0.2) is 6.29 Å². The van der Waals surface area contributed by atoms with Crippen LogP contribution in [0.25, 0.3) is 0 Å². The largest absolute Gasteiger partial charge is 0.480 e. The van der Waals surface area contributed by atoms with Crippen LogP contribution in [0.5, 0.6) is 0 Å². The molecule has 3 rings (SSSR count). The molecule has 2 aromatic carbocycles. The first-order valence-electron chi connectivity index (χ1n) is 11.4. The summed E-state index contributed by atoms with van der Waals surface area (Å²) in [7, 11) is 0. The molecule has 0 radical (unpaired) electrons. The van der Waals surface area contributed by atoms with Crippen LogP contribution >= 0.6 is 0 Å². The number of nitrogens with one attached hydrogen (secondary N) is 1. The highest BCUT2D eigenvalue weighted by Gasteiger charge is 2.49. The lowest BCUT2D eigenvalue weighted by Gasteiger charge is -2.46. The third kappa shape index (κ3) is 7.48. The van der Waals surface area contributed by atoms with E-state index in [2.05, 4.69) is 5.32 Å². The molecule has 10 nitrogen and oxygen atoms in total. The van der Waals surface area contributed by atoms with Crippen LogP contribution in [0.3, 0.4) is 0 Å². The van der Waals surface area contributed by atoms with E-state index >= 15 is 0 Å². The molecule has 1 saturated heterocycles. The number of nitrogen functional groups attached to an aromatic ring is 1. The predicted octanol–water partition coefficient (Wildman–Crippen LogP) is 1.56. The van der Waals surface area contributed by atoms with Crippen molar-refractivity contribution in [1.82, 2.24) is 5.32 Å². The second-order valence-corrected chi connectivity index (χ2v) is 8.47. The molecule has 1 fully saturated rings. The maximum atomic E-state index is 13.1. The number of carboxylic acids is 1. The van der Waals surface area contributed by atoms with E-state index in [4.69, 9.17) is 24.7 Å². The van der Waals surface area contributed by atoms with Gasteiger partial charge in [0.05, 0.1) is 19.3 Å². The maximum absolute atomic E-state index is 13.1. The fourth-order valence-corrected chi connectivity index (χ4v) is 3.84. The van der Waals surface area contributed by atoms with Gasteiger partial charge in [-0.3, -0.25) is 4.79 Å². The van der Waals surface area contributed by atoms with E-state index in [0.29, 0.717) is 11.3 Å². The van der Waals surface area contributed by atoms with Gasteiger partial charge in [-0.15, -0.1) is 0 Å². The Bertz CT molecular complexity index is 971. The van der Waals surface area contributed by atoms with Gasteiger partial charge in [0, 0.05) is 11.3 Å². The van der Waals surface area contributed by atoms with Crippen LogP contribution in [-0.2, 0) is 30.3 Å². The molecule has 0 bridgehead atoms. The number of carbonyl (C=O) groups excluding carboxylic acids is 1. The molecule has 2 aromatic rings. The Labute approximate surface area is 203 Å². The van der Waals surface area contributed by atoms with Crippen LogP contribution < -0.4 is 11.1 Å². The summed E-state index contributed by atoms with van der Waals surface area (Å²) < 4.78 is 23.7. The fourth-order valence-electron chi connectivity index (χ4n) is 3.84. The summed E-state index contributed by atoms with van der Waals surface area (Å²) in [5.41, 5.74) is 7.39. The van der Waals surface area contributed by atoms with Crippen molar-refractivity contribution >= 4 is 17.6 Å². The van der Waals surface area contributed by atoms with Gasteiger partial charge in [-0.25, -0.2) is 4.79 Å². The second kappa shape index (κ2) is 12.6. The van der Waals surface area contributed by atoms with Gasteiger partial charge in [0.1, 0.15) is 31.0 Å². The average Bonchev–Trinajstić information content (AvgIpc) is 2.83. The highest BCUT2D eigenvalue weighted by molar-refractivity contribution is 5.95. The Morgan fingerprint density at radius 3 is 2.46 bits per heavy atom. The van der Waals surface area contributed by atoms with Crippen LogP contribution in [0, 0.1) is 0 Å². The van der Waals surface area contributed by atoms with Gasteiger partial charge in [0.2, 0.25) is 0 Å². The number of aliphatic carboxylic acids is 1. The third-order valence-corrected chi connectivity index (χ3v) is 5.36. The van der Waals surface area contributed by atoms with Crippen LogP contribution in [0.1, 0.15) is 29.8 Å². The summed E-state index contributed by atoms with van der Waals surface area (Å²) in [6.45, 7) is 2.66. The Morgan fingerprint density at radius 1 is 1.09 bits per heavy atom. The second-order valence-electron chi connectivity index (χ2n) is 8.47. The van der Waals surface area contributed by atoms with Crippen LogP contribution in [0.2, 0.25) is 0 Å². The zero-order valence-electron chi connectivity index (χ0n) is 19.7. The molecule has 5 atom stereocenters. The van der Waals surface area contributed by atoms with Crippen molar-refractivity contribution < 1.29 is 38.7 Å². The molecule has 1 heterocycles. The van der Waals surface area contributed by atoms with E-state index in [9.17, 15) is 19.8 Å². The molecule has 0 spiro atoms. The first-order chi connectivity index (χ1) is 16.8. The average molecular weight is 489 g/mol. The van der Waals surface area contributed by atoms with Crippen molar-refractivity contribution in [2.75, 3.05) is 18.9 Å². The van der Waals surface area contributed by atoms with E-state index in [0.717, 1.165) is 5.56 Å². The molecule has 35 heavy (non-hydrogen) atoms. The normalized spacial score (nSPS) is 24.3. The zero-order chi connectivity index (χ0) is 25.4. The van der Waals surface area contributed by atoms with E-state index < -0.39 is 55.7 Å². The van der Waals surface area contributed by atoms with Gasteiger partial charge in [-0.1, -0.05) is 36.4 Å². The third-order valence-electron chi connectivity index (χ3n) is 5.36. The number of nitrogens with two attached hydrogens (primary N) is 1. The monoisotopic (exact) mass is 488 g/mol. The Balaban J connectivity index is 1.91. The number of hydrogen-bond donors (Lipinski definition) is 4. The van der Waals surface area contributed by atoms with Gasteiger partial charge in [0.25, 0.3) is 5.91 Å². The fraction of sp³-hybridized carbons (Fsp3) is 0.440. The SMILES string of the molecule is CC(C)O[C@@H]1OC(CO)[C@@H](OCc2ccccc2)[C@H](OCC(=O)O)C1NC(=O)c1cccc(N)c1. The van der Waals surface area contributed by atoms with E-state index in [-0.39, 0.29) is 12.7 Å². The summed E-state index contributed by atoms with van der Waals surface area (Å²) in [6, 6.07) is 14.8. The van der Waals surface area contributed by atoms with Crippen molar-refractivity contribution in [2.45, 2.75) is 57.2 Å². The first kappa shape index (κ1) is 26.6.